The predicted octanol–water partition coefficient (Wildman–Crippen LogP) is 2.76. The first-order valence-corrected chi connectivity index (χ1v) is 7.50. The number of aliphatic carboxylic acids is 1. The average Bonchev–Trinajstić information content (AvgIpc) is 2.46. The molecule has 0 radical (unpaired) electrons. The first kappa shape index (κ1) is 14.8. The van der Waals surface area contributed by atoms with Crippen molar-refractivity contribution in [2.75, 3.05) is 13.1 Å². The molecular formula is C16H23NO3. The first-order chi connectivity index (χ1) is 9.65. The van der Waals surface area contributed by atoms with E-state index in [1.807, 2.05) is 4.90 Å². The molecule has 1 saturated heterocycles. The minimum absolute atomic E-state index is 0.207. The zero-order valence-electron chi connectivity index (χ0n) is 11.9. The van der Waals surface area contributed by atoms with Crippen molar-refractivity contribution >= 4 is 11.9 Å². The van der Waals surface area contributed by atoms with Gasteiger partial charge in [0.15, 0.2) is 0 Å². The van der Waals surface area contributed by atoms with Crippen molar-refractivity contribution in [3.05, 3.63) is 23.8 Å². The quantitative estimate of drug-likeness (QED) is 0.840. The summed E-state index contributed by atoms with van der Waals surface area (Å²) < 4.78 is 0. The number of hydrogen-bond acceptors (Lipinski definition) is 2. The van der Waals surface area contributed by atoms with Gasteiger partial charge in [-0.15, -0.1) is 0 Å². The van der Waals surface area contributed by atoms with Gasteiger partial charge in [0.1, 0.15) is 0 Å². The van der Waals surface area contributed by atoms with E-state index in [0.29, 0.717) is 19.5 Å². The second-order valence-corrected chi connectivity index (χ2v) is 5.68. The lowest BCUT2D eigenvalue weighted by Crippen LogP contribution is -2.38. The van der Waals surface area contributed by atoms with Crippen LogP contribution in [0.5, 0.6) is 0 Å². The monoisotopic (exact) mass is 277 g/mol. The molecule has 2 rings (SSSR count). The summed E-state index contributed by atoms with van der Waals surface area (Å²) in [5, 5.41) is 8.78. The molecule has 0 aromatic rings. The van der Waals surface area contributed by atoms with Crippen LogP contribution in [0.25, 0.3) is 0 Å². The van der Waals surface area contributed by atoms with E-state index >= 15 is 0 Å². The molecule has 1 N–H and O–H groups in total. The summed E-state index contributed by atoms with van der Waals surface area (Å²) in [6.07, 6.45) is 12.0. The van der Waals surface area contributed by atoms with Gasteiger partial charge >= 0.3 is 5.97 Å². The Balaban J connectivity index is 1.70. The Labute approximate surface area is 120 Å². The zero-order chi connectivity index (χ0) is 14.4. The Morgan fingerprint density at radius 1 is 1.25 bits per heavy atom. The average molecular weight is 277 g/mol. The molecule has 1 aliphatic carbocycles. The molecule has 0 unspecified atom stereocenters. The van der Waals surface area contributed by atoms with Gasteiger partial charge in [-0.25, -0.2) is 0 Å². The number of carbonyl (C=O) groups excluding carboxylic acids is 1. The van der Waals surface area contributed by atoms with E-state index in [9.17, 15) is 9.59 Å². The molecule has 110 valence electrons. The summed E-state index contributed by atoms with van der Waals surface area (Å²) in [5.74, 6) is -0.287. The van der Waals surface area contributed by atoms with E-state index in [2.05, 4.69) is 18.2 Å². The number of carboxylic acids is 1. The van der Waals surface area contributed by atoms with Crippen LogP contribution in [-0.2, 0) is 9.59 Å². The van der Waals surface area contributed by atoms with E-state index in [-0.39, 0.29) is 18.2 Å². The highest BCUT2D eigenvalue weighted by molar-refractivity contribution is 5.76. The largest absolute Gasteiger partial charge is 0.481 e. The Bertz CT molecular complexity index is 417. The second-order valence-electron chi connectivity index (χ2n) is 5.68. The van der Waals surface area contributed by atoms with Crippen molar-refractivity contribution in [2.24, 2.45) is 5.92 Å². The fourth-order valence-corrected chi connectivity index (χ4v) is 2.90. The highest BCUT2D eigenvalue weighted by atomic mass is 16.4. The van der Waals surface area contributed by atoms with Crippen molar-refractivity contribution in [2.45, 2.75) is 44.9 Å². The van der Waals surface area contributed by atoms with Gasteiger partial charge in [0.05, 0.1) is 0 Å². The van der Waals surface area contributed by atoms with Gasteiger partial charge in [0.25, 0.3) is 0 Å². The number of hydrogen-bond donors (Lipinski definition) is 1. The standard InChI is InChI=1S/C16H23NO3/c18-15(7-6-13-4-2-1-3-5-13)17-10-8-14(9-11-17)12-16(19)20/h2,4-5,14H,1,3,6-12H2,(H,19,20). The molecule has 1 heterocycles. The summed E-state index contributed by atoms with van der Waals surface area (Å²) in [6, 6.07) is 0. The maximum Gasteiger partial charge on any atom is 0.303 e. The summed E-state index contributed by atoms with van der Waals surface area (Å²) in [7, 11) is 0. The van der Waals surface area contributed by atoms with Gasteiger partial charge in [-0.05, 0) is 38.0 Å². The highest BCUT2D eigenvalue weighted by Crippen LogP contribution is 2.22. The van der Waals surface area contributed by atoms with Gasteiger partial charge in [-0.2, -0.15) is 0 Å². The van der Waals surface area contributed by atoms with Crippen molar-refractivity contribution in [1.29, 1.82) is 0 Å². The van der Waals surface area contributed by atoms with Crippen LogP contribution < -0.4 is 0 Å². The van der Waals surface area contributed by atoms with Gasteiger partial charge in [0, 0.05) is 25.9 Å². The number of nitrogens with zero attached hydrogens (tertiary/aromatic N) is 1. The summed E-state index contributed by atoms with van der Waals surface area (Å²) in [6.45, 7) is 1.43. The third-order valence-electron chi connectivity index (χ3n) is 4.13. The molecule has 4 heteroatoms. The van der Waals surface area contributed by atoms with E-state index in [4.69, 9.17) is 5.11 Å². The minimum Gasteiger partial charge on any atom is -0.481 e. The Morgan fingerprint density at radius 3 is 2.60 bits per heavy atom. The van der Waals surface area contributed by atoms with Crippen molar-refractivity contribution in [3.8, 4) is 0 Å². The number of likely N-dealkylation sites (tertiary alicyclic amines) is 1. The molecule has 0 saturated carbocycles. The fraction of sp³-hybridized carbons (Fsp3) is 0.625. The van der Waals surface area contributed by atoms with Gasteiger partial charge in [0.2, 0.25) is 5.91 Å². The number of allylic oxidation sites excluding steroid dienone is 4. The summed E-state index contributed by atoms with van der Waals surface area (Å²) >= 11 is 0. The number of rotatable bonds is 5. The second kappa shape index (κ2) is 7.27. The van der Waals surface area contributed by atoms with Crippen LogP contribution in [0.2, 0.25) is 0 Å². The molecule has 0 aromatic heterocycles. The number of carboxylic acid groups (broad SMARTS) is 1. The smallest absolute Gasteiger partial charge is 0.303 e. The summed E-state index contributed by atoms with van der Waals surface area (Å²) in [4.78, 5) is 24.7. The molecule has 1 amide bonds. The van der Waals surface area contributed by atoms with Gasteiger partial charge < -0.3 is 10.0 Å². The van der Waals surface area contributed by atoms with E-state index in [0.717, 1.165) is 32.1 Å². The molecular weight excluding hydrogens is 254 g/mol. The minimum atomic E-state index is -0.731. The third-order valence-corrected chi connectivity index (χ3v) is 4.13. The molecule has 4 nitrogen and oxygen atoms in total. The molecule has 2 aliphatic rings. The van der Waals surface area contributed by atoms with Crippen molar-refractivity contribution in [1.82, 2.24) is 4.90 Å². The lowest BCUT2D eigenvalue weighted by atomic mass is 9.93. The fourth-order valence-electron chi connectivity index (χ4n) is 2.90. The Hall–Kier alpha value is -1.58. The van der Waals surface area contributed by atoms with Crippen LogP contribution in [0.3, 0.4) is 0 Å². The molecule has 0 atom stereocenters. The van der Waals surface area contributed by atoms with Gasteiger partial charge in [-0.1, -0.05) is 23.8 Å². The predicted molar refractivity (Wildman–Crippen MR) is 77.2 cm³/mol. The van der Waals surface area contributed by atoms with Crippen molar-refractivity contribution in [3.63, 3.8) is 0 Å². The van der Waals surface area contributed by atoms with Crippen LogP contribution in [-0.4, -0.2) is 35.0 Å². The molecule has 1 aliphatic heterocycles. The SMILES string of the molecule is O=C(O)CC1CCN(C(=O)CCC2=CCCC=C2)CC1. The van der Waals surface area contributed by atoms with Crippen LogP contribution in [0.15, 0.2) is 23.8 Å². The number of piperidine rings is 1. The van der Waals surface area contributed by atoms with Crippen LogP contribution in [0, 0.1) is 5.92 Å². The molecule has 0 aromatic carbocycles. The van der Waals surface area contributed by atoms with Gasteiger partial charge in [-0.3, -0.25) is 9.59 Å². The maximum absolute atomic E-state index is 12.1. The molecule has 0 spiro atoms. The summed E-state index contributed by atoms with van der Waals surface area (Å²) in [5.41, 5.74) is 1.27. The molecule has 1 fully saturated rings. The van der Waals surface area contributed by atoms with Crippen LogP contribution in [0.1, 0.15) is 44.9 Å². The van der Waals surface area contributed by atoms with Crippen LogP contribution >= 0.6 is 0 Å². The third kappa shape index (κ3) is 4.51. The van der Waals surface area contributed by atoms with E-state index in [1.165, 1.54) is 5.57 Å². The first-order valence-electron chi connectivity index (χ1n) is 7.50. The Morgan fingerprint density at radius 2 is 2.00 bits per heavy atom. The number of amides is 1. The zero-order valence-corrected chi connectivity index (χ0v) is 11.9. The lowest BCUT2D eigenvalue weighted by Gasteiger charge is -2.31. The highest BCUT2D eigenvalue weighted by Gasteiger charge is 2.23. The number of carbonyl (C=O) groups is 2. The molecule has 20 heavy (non-hydrogen) atoms. The van der Waals surface area contributed by atoms with Crippen molar-refractivity contribution < 1.29 is 14.7 Å². The van der Waals surface area contributed by atoms with Crippen LogP contribution in [0.4, 0.5) is 0 Å². The Kier molecular flexibility index (Phi) is 5.39. The maximum atomic E-state index is 12.1. The van der Waals surface area contributed by atoms with E-state index < -0.39 is 5.97 Å². The topological polar surface area (TPSA) is 57.6 Å². The van der Waals surface area contributed by atoms with E-state index in [1.54, 1.807) is 0 Å². The lowest BCUT2D eigenvalue weighted by molar-refractivity contribution is -0.138. The normalized spacial score (nSPS) is 19.8. The molecule has 0 bridgehead atoms.